The summed E-state index contributed by atoms with van der Waals surface area (Å²) in [4.78, 5) is 34.3. The van der Waals surface area contributed by atoms with Crippen LogP contribution in [0.3, 0.4) is 0 Å². The van der Waals surface area contributed by atoms with Crippen LogP contribution in [0.5, 0.6) is 0 Å². The van der Waals surface area contributed by atoms with Crippen LogP contribution in [-0.2, 0) is 14.4 Å². The minimum atomic E-state index is -1.01. The van der Waals surface area contributed by atoms with Gasteiger partial charge >= 0.3 is 5.97 Å². The molecular formula is C9H14N2O4. The summed E-state index contributed by atoms with van der Waals surface area (Å²) in [6, 6.07) is -1.36. The Morgan fingerprint density at radius 2 is 2.20 bits per heavy atom. The van der Waals surface area contributed by atoms with Crippen molar-refractivity contribution in [2.75, 3.05) is 7.05 Å². The van der Waals surface area contributed by atoms with Crippen LogP contribution in [-0.4, -0.2) is 46.9 Å². The van der Waals surface area contributed by atoms with E-state index in [9.17, 15) is 14.4 Å². The third-order valence-electron chi connectivity index (χ3n) is 2.47. The molecule has 1 fully saturated rings. The van der Waals surface area contributed by atoms with Crippen LogP contribution in [0.25, 0.3) is 0 Å². The number of aliphatic carboxylic acids is 1. The summed E-state index contributed by atoms with van der Waals surface area (Å²) in [6.07, 6.45) is 0.631. The SMILES string of the molecule is CC(NC1CCC(=O)N(C)C1=O)C(=O)O. The Hall–Kier alpha value is -1.43. The van der Waals surface area contributed by atoms with E-state index in [1.54, 1.807) is 0 Å². The summed E-state index contributed by atoms with van der Waals surface area (Å²) in [5.41, 5.74) is 0. The number of imide groups is 1. The van der Waals surface area contributed by atoms with E-state index in [2.05, 4.69) is 5.32 Å². The van der Waals surface area contributed by atoms with Crippen molar-refractivity contribution in [2.45, 2.75) is 31.8 Å². The number of hydrogen-bond donors (Lipinski definition) is 2. The van der Waals surface area contributed by atoms with Gasteiger partial charge in [0, 0.05) is 13.5 Å². The molecule has 1 aliphatic heterocycles. The number of likely N-dealkylation sites (N-methyl/N-ethyl adjacent to an activating group) is 1. The van der Waals surface area contributed by atoms with Gasteiger partial charge in [-0.25, -0.2) is 0 Å². The van der Waals surface area contributed by atoms with E-state index in [1.165, 1.54) is 14.0 Å². The molecule has 1 rings (SSSR count). The molecule has 0 bridgehead atoms. The highest BCUT2D eigenvalue weighted by Gasteiger charge is 2.33. The Morgan fingerprint density at radius 1 is 1.60 bits per heavy atom. The molecule has 0 aliphatic carbocycles. The molecule has 0 spiro atoms. The van der Waals surface area contributed by atoms with Crippen molar-refractivity contribution in [1.82, 2.24) is 10.2 Å². The molecular weight excluding hydrogens is 200 g/mol. The molecule has 0 radical (unpaired) electrons. The minimum absolute atomic E-state index is 0.221. The number of likely N-dealkylation sites (tertiary alicyclic amines) is 1. The van der Waals surface area contributed by atoms with Gasteiger partial charge in [0.05, 0.1) is 6.04 Å². The summed E-state index contributed by atoms with van der Waals surface area (Å²) in [7, 11) is 1.41. The summed E-state index contributed by atoms with van der Waals surface area (Å²) >= 11 is 0. The minimum Gasteiger partial charge on any atom is -0.480 e. The summed E-state index contributed by atoms with van der Waals surface area (Å²) < 4.78 is 0. The second-order valence-corrected chi connectivity index (χ2v) is 3.61. The summed E-state index contributed by atoms with van der Waals surface area (Å²) in [5.74, 6) is -1.59. The van der Waals surface area contributed by atoms with Gasteiger partial charge in [-0.1, -0.05) is 0 Å². The zero-order chi connectivity index (χ0) is 11.6. The second-order valence-electron chi connectivity index (χ2n) is 3.61. The first-order valence-corrected chi connectivity index (χ1v) is 4.72. The normalized spacial score (nSPS) is 24.1. The number of nitrogens with one attached hydrogen (secondary N) is 1. The van der Waals surface area contributed by atoms with Crippen molar-refractivity contribution in [2.24, 2.45) is 0 Å². The van der Waals surface area contributed by atoms with E-state index in [0.29, 0.717) is 6.42 Å². The zero-order valence-corrected chi connectivity index (χ0v) is 8.69. The molecule has 1 saturated heterocycles. The van der Waals surface area contributed by atoms with Gasteiger partial charge in [-0.3, -0.25) is 24.6 Å². The zero-order valence-electron chi connectivity index (χ0n) is 8.69. The third-order valence-corrected chi connectivity index (χ3v) is 2.47. The maximum Gasteiger partial charge on any atom is 0.320 e. The van der Waals surface area contributed by atoms with E-state index in [0.717, 1.165) is 4.90 Å². The molecule has 0 aromatic heterocycles. The van der Waals surface area contributed by atoms with Gasteiger partial charge in [-0.15, -0.1) is 0 Å². The molecule has 6 nitrogen and oxygen atoms in total. The van der Waals surface area contributed by atoms with Crippen molar-refractivity contribution in [1.29, 1.82) is 0 Å². The Balaban J connectivity index is 2.61. The number of hydrogen-bond acceptors (Lipinski definition) is 4. The number of carboxylic acids is 1. The van der Waals surface area contributed by atoms with Gasteiger partial charge in [-0.2, -0.15) is 0 Å². The molecule has 15 heavy (non-hydrogen) atoms. The van der Waals surface area contributed by atoms with Crippen molar-refractivity contribution in [3.63, 3.8) is 0 Å². The highest BCUT2D eigenvalue weighted by molar-refractivity contribution is 6.00. The van der Waals surface area contributed by atoms with Crippen molar-refractivity contribution >= 4 is 17.8 Å². The van der Waals surface area contributed by atoms with Gasteiger partial charge in [0.2, 0.25) is 11.8 Å². The first kappa shape index (κ1) is 11.6. The number of carbonyl (C=O) groups is 3. The van der Waals surface area contributed by atoms with E-state index < -0.39 is 18.1 Å². The van der Waals surface area contributed by atoms with E-state index >= 15 is 0 Å². The van der Waals surface area contributed by atoms with Crippen LogP contribution in [0.15, 0.2) is 0 Å². The van der Waals surface area contributed by atoms with Crippen LogP contribution in [0, 0.1) is 0 Å². The first-order chi connectivity index (χ1) is 6.93. The largest absolute Gasteiger partial charge is 0.480 e. The highest BCUT2D eigenvalue weighted by atomic mass is 16.4. The Labute approximate surface area is 87.2 Å². The fraction of sp³-hybridized carbons (Fsp3) is 0.667. The number of carbonyl (C=O) groups excluding carboxylic acids is 2. The molecule has 2 N–H and O–H groups in total. The van der Waals surface area contributed by atoms with E-state index in [1.807, 2.05) is 0 Å². The van der Waals surface area contributed by atoms with E-state index in [-0.39, 0.29) is 18.2 Å². The van der Waals surface area contributed by atoms with Crippen LogP contribution in [0.4, 0.5) is 0 Å². The lowest BCUT2D eigenvalue weighted by molar-refractivity contribution is -0.148. The van der Waals surface area contributed by atoms with Gasteiger partial charge < -0.3 is 5.11 Å². The smallest absolute Gasteiger partial charge is 0.320 e. The highest BCUT2D eigenvalue weighted by Crippen LogP contribution is 2.11. The summed E-state index contributed by atoms with van der Waals surface area (Å²) in [6.45, 7) is 1.46. The summed E-state index contributed by atoms with van der Waals surface area (Å²) in [5, 5.41) is 11.3. The fourth-order valence-corrected chi connectivity index (χ4v) is 1.44. The Morgan fingerprint density at radius 3 is 2.73 bits per heavy atom. The number of rotatable bonds is 3. The predicted molar refractivity (Wildman–Crippen MR) is 51.0 cm³/mol. The average Bonchev–Trinajstić information content (AvgIpc) is 2.18. The number of carboxylic acid groups (broad SMARTS) is 1. The maximum absolute atomic E-state index is 11.5. The van der Waals surface area contributed by atoms with Gasteiger partial charge in [0.15, 0.2) is 0 Å². The maximum atomic E-state index is 11.5. The second kappa shape index (κ2) is 4.39. The quantitative estimate of drug-likeness (QED) is 0.600. The lowest BCUT2D eigenvalue weighted by atomic mass is 10.0. The molecule has 6 heteroatoms. The Kier molecular flexibility index (Phi) is 3.41. The standard InChI is InChI=1S/C9H14N2O4/c1-5(9(14)15)10-6-3-4-7(12)11(2)8(6)13/h5-6,10H,3-4H2,1-2H3,(H,14,15). The average molecular weight is 214 g/mol. The first-order valence-electron chi connectivity index (χ1n) is 4.72. The molecule has 2 amide bonds. The molecule has 2 atom stereocenters. The topological polar surface area (TPSA) is 86.7 Å². The van der Waals surface area contributed by atoms with Gasteiger partial charge in [0.25, 0.3) is 0 Å². The molecule has 2 unspecified atom stereocenters. The molecule has 0 saturated carbocycles. The lowest BCUT2D eigenvalue weighted by Crippen LogP contribution is -2.54. The van der Waals surface area contributed by atoms with Crippen molar-refractivity contribution in [3.8, 4) is 0 Å². The van der Waals surface area contributed by atoms with Crippen LogP contribution >= 0.6 is 0 Å². The monoisotopic (exact) mass is 214 g/mol. The number of nitrogens with zero attached hydrogens (tertiary/aromatic N) is 1. The fourth-order valence-electron chi connectivity index (χ4n) is 1.44. The van der Waals surface area contributed by atoms with Crippen LogP contribution in [0.2, 0.25) is 0 Å². The van der Waals surface area contributed by atoms with E-state index in [4.69, 9.17) is 5.11 Å². The lowest BCUT2D eigenvalue weighted by Gasteiger charge is -2.29. The molecule has 0 aromatic rings. The van der Waals surface area contributed by atoms with Crippen LogP contribution in [0.1, 0.15) is 19.8 Å². The van der Waals surface area contributed by atoms with Crippen molar-refractivity contribution in [3.05, 3.63) is 0 Å². The van der Waals surface area contributed by atoms with Gasteiger partial charge in [-0.05, 0) is 13.3 Å². The molecule has 0 aromatic carbocycles. The molecule has 84 valence electrons. The number of amides is 2. The predicted octanol–water partition coefficient (Wildman–Crippen LogP) is -0.803. The Bertz CT molecular complexity index is 302. The van der Waals surface area contributed by atoms with Gasteiger partial charge in [0.1, 0.15) is 6.04 Å². The third kappa shape index (κ3) is 2.53. The molecule has 1 aliphatic rings. The number of piperidine rings is 1. The van der Waals surface area contributed by atoms with Crippen LogP contribution < -0.4 is 5.32 Å². The van der Waals surface area contributed by atoms with Crippen molar-refractivity contribution < 1.29 is 19.5 Å². The molecule has 1 heterocycles.